The highest BCUT2D eigenvalue weighted by Gasteiger charge is 2.10. The number of rotatable bonds is 1. The average Bonchev–Trinajstić information content (AvgIpc) is 2.29. The van der Waals surface area contributed by atoms with Crippen LogP contribution >= 0.6 is 39.1 Å². The van der Waals surface area contributed by atoms with Crippen molar-refractivity contribution in [3.63, 3.8) is 0 Å². The fourth-order valence-corrected chi connectivity index (χ4v) is 1.86. The second-order valence-electron chi connectivity index (χ2n) is 3.38. The molecule has 1 aromatic heterocycles. The summed E-state index contributed by atoms with van der Waals surface area (Å²) in [5.41, 5.74) is 1.13. The molecule has 0 aliphatic heterocycles. The molecule has 1 aromatic carbocycles. The lowest BCUT2D eigenvalue weighted by molar-refractivity contribution is 0.621. The zero-order chi connectivity index (χ0) is 12.6. The molecule has 0 aliphatic carbocycles. The SMILES string of the molecule is Cc1c(Cl)nc(-c2ccc(Br)c(F)c2)nc1Cl. The molecule has 88 valence electrons. The predicted molar refractivity (Wildman–Crippen MR) is 69.9 cm³/mol. The number of hydrogen-bond donors (Lipinski definition) is 0. The van der Waals surface area contributed by atoms with Gasteiger partial charge in [0, 0.05) is 11.1 Å². The van der Waals surface area contributed by atoms with Crippen molar-refractivity contribution in [1.29, 1.82) is 0 Å². The molecule has 0 unspecified atom stereocenters. The molecule has 0 atom stereocenters. The van der Waals surface area contributed by atoms with Crippen molar-refractivity contribution in [2.45, 2.75) is 6.92 Å². The Morgan fingerprint density at radius 3 is 2.29 bits per heavy atom. The Hall–Kier alpha value is -0.710. The van der Waals surface area contributed by atoms with Crippen molar-refractivity contribution in [3.8, 4) is 11.4 Å². The summed E-state index contributed by atoms with van der Waals surface area (Å²) < 4.78 is 13.8. The molecule has 0 fully saturated rings. The zero-order valence-electron chi connectivity index (χ0n) is 8.64. The van der Waals surface area contributed by atoms with Gasteiger partial charge in [-0.25, -0.2) is 14.4 Å². The summed E-state index contributed by atoms with van der Waals surface area (Å²) in [4.78, 5) is 8.12. The Morgan fingerprint density at radius 1 is 1.18 bits per heavy atom. The molecule has 0 bridgehead atoms. The molecule has 17 heavy (non-hydrogen) atoms. The van der Waals surface area contributed by atoms with Crippen LogP contribution in [0, 0.1) is 12.7 Å². The minimum atomic E-state index is -0.390. The Kier molecular flexibility index (Phi) is 3.66. The zero-order valence-corrected chi connectivity index (χ0v) is 11.7. The van der Waals surface area contributed by atoms with Crippen molar-refractivity contribution in [2.24, 2.45) is 0 Å². The first kappa shape index (κ1) is 12.7. The van der Waals surface area contributed by atoms with Crippen LogP contribution in [-0.4, -0.2) is 9.97 Å². The minimum Gasteiger partial charge on any atom is -0.216 e. The van der Waals surface area contributed by atoms with Crippen LogP contribution in [0.15, 0.2) is 22.7 Å². The molecule has 0 spiro atoms. The second-order valence-corrected chi connectivity index (χ2v) is 4.95. The molecule has 0 saturated heterocycles. The van der Waals surface area contributed by atoms with Gasteiger partial charge in [-0.3, -0.25) is 0 Å². The second kappa shape index (κ2) is 4.88. The van der Waals surface area contributed by atoms with E-state index in [9.17, 15) is 4.39 Å². The standard InChI is InChI=1S/C11H6BrCl2FN2/c1-5-9(13)16-11(17-10(5)14)6-2-3-7(12)8(15)4-6/h2-4H,1H3. The summed E-state index contributed by atoms with van der Waals surface area (Å²) in [6, 6.07) is 4.58. The summed E-state index contributed by atoms with van der Waals surface area (Å²) in [7, 11) is 0. The first-order valence-electron chi connectivity index (χ1n) is 4.64. The molecule has 0 radical (unpaired) electrons. The van der Waals surface area contributed by atoms with Gasteiger partial charge in [-0.15, -0.1) is 0 Å². The molecule has 6 heteroatoms. The van der Waals surface area contributed by atoms with E-state index in [1.165, 1.54) is 6.07 Å². The van der Waals surface area contributed by atoms with Crippen LogP contribution in [-0.2, 0) is 0 Å². The molecular formula is C11H6BrCl2FN2. The highest BCUT2D eigenvalue weighted by atomic mass is 79.9. The van der Waals surface area contributed by atoms with Crippen LogP contribution in [0.5, 0.6) is 0 Å². The van der Waals surface area contributed by atoms with Gasteiger partial charge in [0.05, 0.1) is 4.47 Å². The van der Waals surface area contributed by atoms with E-state index >= 15 is 0 Å². The Balaban J connectivity index is 2.57. The van der Waals surface area contributed by atoms with E-state index in [0.717, 1.165) is 0 Å². The minimum absolute atomic E-state index is 0.267. The van der Waals surface area contributed by atoms with Crippen LogP contribution in [0.1, 0.15) is 5.56 Å². The Morgan fingerprint density at radius 2 is 1.76 bits per heavy atom. The third kappa shape index (κ3) is 2.59. The predicted octanol–water partition coefficient (Wildman–Crippen LogP) is 4.66. The Labute approximate surface area is 116 Å². The van der Waals surface area contributed by atoms with Gasteiger partial charge in [0.15, 0.2) is 5.82 Å². The number of nitrogens with zero attached hydrogens (tertiary/aromatic N) is 2. The third-order valence-electron chi connectivity index (χ3n) is 2.20. The van der Waals surface area contributed by atoms with Crippen molar-refractivity contribution in [1.82, 2.24) is 9.97 Å². The van der Waals surface area contributed by atoms with E-state index in [1.807, 2.05) is 0 Å². The van der Waals surface area contributed by atoms with Crippen LogP contribution < -0.4 is 0 Å². The number of hydrogen-bond acceptors (Lipinski definition) is 2. The van der Waals surface area contributed by atoms with Gasteiger partial charge in [-0.05, 0) is 41.1 Å². The molecule has 2 rings (SSSR count). The molecule has 1 heterocycles. The molecule has 0 N–H and O–H groups in total. The smallest absolute Gasteiger partial charge is 0.162 e. The van der Waals surface area contributed by atoms with E-state index in [4.69, 9.17) is 23.2 Å². The lowest BCUT2D eigenvalue weighted by Crippen LogP contribution is -1.94. The number of aromatic nitrogens is 2. The topological polar surface area (TPSA) is 25.8 Å². The molecular weight excluding hydrogens is 330 g/mol. The van der Waals surface area contributed by atoms with E-state index < -0.39 is 0 Å². The van der Waals surface area contributed by atoms with Crippen molar-refractivity contribution < 1.29 is 4.39 Å². The van der Waals surface area contributed by atoms with E-state index in [-0.39, 0.29) is 16.1 Å². The lowest BCUT2D eigenvalue weighted by atomic mass is 10.2. The molecule has 0 saturated carbocycles. The maximum absolute atomic E-state index is 13.4. The van der Waals surface area contributed by atoms with Crippen molar-refractivity contribution >= 4 is 39.1 Å². The normalized spacial score (nSPS) is 10.6. The number of halogens is 4. The van der Waals surface area contributed by atoms with Gasteiger partial charge >= 0.3 is 0 Å². The van der Waals surface area contributed by atoms with Gasteiger partial charge in [-0.1, -0.05) is 23.2 Å². The lowest BCUT2D eigenvalue weighted by Gasteiger charge is -2.05. The first-order chi connectivity index (χ1) is 7.99. The molecule has 0 amide bonds. The Bertz CT molecular complexity index is 567. The van der Waals surface area contributed by atoms with Gasteiger partial charge in [0.25, 0.3) is 0 Å². The first-order valence-corrected chi connectivity index (χ1v) is 6.19. The van der Waals surface area contributed by atoms with Crippen LogP contribution in [0.4, 0.5) is 4.39 Å². The molecule has 2 nitrogen and oxygen atoms in total. The maximum atomic E-state index is 13.4. The van der Waals surface area contributed by atoms with Crippen molar-refractivity contribution in [2.75, 3.05) is 0 Å². The molecule has 2 aromatic rings. The fourth-order valence-electron chi connectivity index (χ4n) is 1.23. The average molecular weight is 336 g/mol. The third-order valence-corrected chi connectivity index (χ3v) is 3.58. The van der Waals surface area contributed by atoms with Gasteiger partial charge in [0.1, 0.15) is 16.1 Å². The van der Waals surface area contributed by atoms with Gasteiger partial charge < -0.3 is 0 Å². The summed E-state index contributed by atoms with van der Waals surface area (Å²) >= 11 is 14.9. The quantitative estimate of drug-likeness (QED) is 0.708. The van der Waals surface area contributed by atoms with E-state index in [1.54, 1.807) is 19.1 Å². The highest BCUT2D eigenvalue weighted by Crippen LogP contribution is 2.26. The largest absolute Gasteiger partial charge is 0.216 e. The van der Waals surface area contributed by atoms with Crippen LogP contribution in [0.25, 0.3) is 11.4 Å². The number of benzene rings is 1. The van der Waals surface area contributed by atoms with E-state index in [2.05, 4.69) is 25.9 Å². The van der Waals surface area contributed by atoms with E-state index in [0.29, 0.717) is 21.4 Å². The molecule has 0 aliphatic rings. The summed E-state index contributed by atoms with van der Waals surface area (Å²) in [5.74, 6) is -0.0871. The maximum Gasteiger partial charge on any atom is 0.162 e. The van der Waals surface area contributed by atoms with Crippen LogP contribution in [0.3, 0.4) is 0 Å². The summed E-state index contributed by atoms with van der Waals surface area (Å²) in [6.45, 7) is 1.72. The van der Waals surface area contributed by atoms with Gasteiger partial charge in [-0.2, -0.15) is 0 Å². The fraction of sp³-hybridized carbons (Fsp3) is 0.0909. The highest BCUT2D eigenvalue weighted by molar-refractivity contribution is 9.10. The monoisotopic (exact) mass is 334 g/mol. The summed E-state index contributed by atoms with van der Waals surface area (Å²) in [5, 5.41) is 0.534. The van der Waals surface area contributed by atoms with Crippen molar-refractivity contribution in [3.05, 3.63) is 44.4 Å². The summed E-state index contributed by atoms with van der Waals surface area (Å²) in [6.07, 6.45) is 0. The van der Waals surface area contributed by atoms with Crippen LogP contribution in [0.2, 0.25) is 10.3 Å². The van der Waals surface area contributed by atoms with Gasteiger partial charge in [0.2, 0.25) is 0 Å².